The lowest BCUT2D eigenvalue weighted by atomic mass is 10.2. The monoisotopic (exact) mass is 323 g/mol. The summed E-state index contributed by atoms with van der Waals surface area (Å²) in [4.78, 5) is 22.0. The zero-order valence-electron chi connectivity index (χ0n) is 12.3. The van der Waals surface area contributed by atoms with Crippen molar-refractivity contribution in [3.05, 3.63) is 33.9 Å². The van der Waals surface area contributed by atoms with Crippen LogP contribution in [-0.2, 0) is 11.2 Å². The van der Waals surface area contributed by atoms with Crippen molar-refractivity contribution in [1.82, 2.24) is 14.9 Å². The van der Waals surface area contributed by atoms with Gasteiger partial charge < -0.3 is 4.90 Å². The number of carbonyl (C=O) groups excluding carboxylic acids is 1. The highest BCUT2D eigenvalue weighted by molar-refractivity contribution is 7.09. The van der Waals surface area contributed by atoms with Crippen molar-refractivity contribution in [2.45, 2.75) is 33.2 Å². The molecule has 0 spiro atoms. The maximum Gasteiger partial charge on any atom is 0.219 e. The van der Waals surface area contributed by atoms with Gasteiger partial charge in [-0.25, -0.2) is 4.98 Å². The smallest absolute Gasteiger partial charge is 0.219 e. The third-order valence-electron chi connectivity index (χ3n) is 3.19. The van der Waals surface area contributed by atoms with Crippen LogP contribution in [-0.4, -0.2) is 33.4 Å². The van der Waals surface area contributed by atoms with E-state index in [1.165, 1.54) is 0 Å². The Kier molecular flexibility index (Phi) is 5.31. The Labute approximate surface area is 133 Å². The van der Waals surface area contributed by atoms with Crippen LogP contribution in [0.3, 0.4) is 0 Å². The Morgan fingerprint density at radius 1 is 1.48 bits per heavy atom. The highest BCUT2D eigenvalue weighted by Crippen LogP contribution is 2.28. The van der Waals surface area contributed by atoms with Crippen molar-refractivity contribution in [1.29, 1.82) is 0 Å². The topological polar surface area (TPSA) is 46.1 Å². The molecule has 112 valence electrons. The van der Waals surface area contributed by atoms with Crippen molar-refractivity contribution in [2.24, 2.45) is 0 Å². The normalized spacial score (nSPS) is 10.9. The summed E-state index contributed by atoms with van der Waals surface area (Å²) in [6.07, 6.45) is 4.08. The molecule has 0 fully saturated rings. The van der Waals surface area contributed by atoms with Gasteiger partial charge in [0.05, 0.1) is 15.7 Å². The van der Waals surface area contributed by atoms with Crippen LogP contribution < -0.4 is 0 Å². The Morgan fingerprint density at radius 3 is 2.86 bits per heavy atom. The van der Waals surface area contributed by atoms with E-state index in [1.807, 2.05) is 30.2 Å². The summed E-state index contributed by atoms with van der Waals surface area (Å²) in [5.74, 6) is 0.0963. The van der Waals surface area contributed by atoms with Crippen molar-refractivity contribution < 1.29 is 4.79 Å². The van der Waals surface area contributed by atoms with Crippen LogP contribution in [0.4, 0.5) is 0 Å². The van der Waals surface area contributed by atoms with Gasteiger partial charge in [0.25, 0.3) is 0 Å². The Hall–Kier alpha value is -1.46. The number of carbonyl (C=O) groups is 1. The van der Waals surface area contributed by atoms with E-state index in [9.17, 15) is 4.79 Å². The number of halogens is 1. The van der Waals surface area contributed by atoms with Gasteiger partial charge in [0, 0.05) is 49.3 Å². The minimum Gasteiger partial charge on any atom is -0.340 e. The zero-order chi connectivity index (χ0) is 15.4. The summed E-state index contributed by atoms with van der Waals surface area (Å²) in [6.45, 7) is 6.32. The van der Waals surface area contributed by atoms with E-state index in [4.69, 9.17) is 11.6 Å². The molecule has 21 heavy (non-hydrogen) atoms. The molecule has 4 nitrogen and oxygen atoms in total. The van der Waals surface area contributed by atoms with Crippen LogP contribution in [0.1, 0.15) is 25.8 Å². The molecule has 6 heteroatoms. The molecule has 2 heterocycles. The van der Waals surface area contributed by atoms with Crippen molar-refractivity contribution in [2.75, 3.05) is 6.54 Å². The molecule has 1 amide bonds. The lowest BCUT2D eigenvalue weighted by Gasteiger charge is -2.24. The average molecular weight is 324 g/mol. The number of aromatic nitrogens is 2. The molecule has 0 aliphatic carbocycles. The van der Waals surface area contributed by atoms with Gasteiger partial charge in [-0.2, -0.15) is 0 Å². The second kappa shape index (κ2) is 7.00. The van der Waals surface area contributed by atoms with Gasteiger partial charge >= 0.3 is 0 Å². The van der Waals surface area contributed by atoms with Crippen LogP contribution in [0.15, 0.2) is 23.8 Å². The molecule has 2 rings (SSSR count). The minimum atomic E-state index is 0.0963. The molecule has 0 aliphatic heterocycles. The number of hydrogen-bond acceptors (Lipinski definition) is 4. The predicted octanol–water partition coefficient (Wildman–Crippen LogP) is 3.66. The Balaban J connectivity index is 2.07. The first-order valence-corrected chi connectivity index (χ1v) is 8.06. The van der Waals surface area contributed by atoms with E-state index in [0.29, 0.717) is 11.6 Å². The van der Waals surface area contributed by atoms with Crippen LogP contribution in [0.5, 0.6) is 0 Å². The van der Waals surface area contributed by atoms with Crippen molar-refractivity contribution in [3.8, 4) is 11.3 Å². The molecule has 0 bridgehead atoms. The highest BCUT2D eigenvalue weighted by Gasteiger charge is 2.14. The van der Waals surface area contributed by atoms with Gasteiger partial charge in [0.15, 0.2) is 0 Å². The number of nitrogens with zero attached hydrogens (tertiary/aromatic N) is 3. The molecule has 0 N–H and O–H groups in total. The number of amides is 1. The van der Waals surface area contributed by atoms with Crippen molar-refractivity contribution in [3.63, 3.8) is 0 Å². The molecule has 0 atom stereocenters. The molecule has 0 aromatic carbocycles. The molecule has 0 saturated heterocycles. The highest BCUT2D eigenvalue weighted by atomic mass is 35.5. The van der Waals surface area contributed by atoms with Gasteiger partial charge in [-0.3, -0.25) is 9.78 Å². The Bertz CT molecular complexity index is 627. The minimum absolute atomic E-state index is 0.0963. The third-order valence-corrected chi connectivity index (χ3v) is 4.40. The summed E-state index contributed by atoms with van der Waals surface area (Å²) in [5.41, 5.74) is 1.75. The van der Waals surface area contributed by atoms with E-state index >= 15 is 0 Å². The van der Waals surface area contributed by atoms with E-state index < -0.39 is 0 Å². The van der Waals surface area contributed by atoms with E-state index in [2.05, 4.69) is 9.97 Å². The molecule has 0 unspecified atom stereocenters. The molecular formula is C15H18ClN3OS. The number of rotatable bonds is 5. The molecule has 0 saturated carbocycles. The fraction of sp³-hybridized carbons (Fsp3) is 0.400. The summed E-state index contributed by atoms with van der Waals surface area (Å²) < 4.78 is 0. The SMILES string of the molecule is CC(=O)N(CCc1nc(-c2ccncc2Cl)cs1)C(C)C. The van der Waals surface area contributed by atoms with Gasteiger partial charge in [-0.15, -0.1) is 11.3 Å². The fourth-order valence-corrected chi connectivity index (χ4v) is 3.13. The zero-order valence-corrected chi connectivity index (χ0v) is 13.9. The van der Waals surface area contributed by atoms with Crippen LogP contribution in [0.2, 0.25) is 5.02 Å². The first-order chi connectivity index (χ1) is 9.99. The summed E-state index contributed by atoms with van der Waals surface area (Å²) in [7, 11) is 0. The lowest BCUT2D eigenvalue weighted by Crippen LogP contribution is -2.36. The maximum absolute atomic E-state index is 11.6. The fourth-order valence-electron chi connectivity index (χ4n) is 2.13. The first kappa shape index (κ1) is 15.9. The molecule has 0 aliphatic rings. The third kappa shape index (κ3) is 4.02. The molecular weight excluding hydrogens is 306 g/mol. The van der Waals surface area contributed by atoms with Gasteiger partial charge in [0.2, 0.25) is 5.91 Å². The molecule has 0 radical (unpaired) electrons. The summed E-state index contributed by atoms with van der Waals surface area (Å²) in [5, 5.41) is 3.59. The average Bonchev–Trinajstić information content (AvgIpc) is 2.87. The maximum atomic E-state index is 11.6. The van der Waals surface area contributed by atoms with E-state index in [-0.39, 0.29) is 11.9 Å². The Morgan fingerprint density at radius 2 is 2.24 bits per heavy atom. The number of pyridine rings is 1. The first-order valence-electron chi connectivity index (χ1n) is 6.80. The quantitative estimate of drug-likeness (QED) is 0.843. The second-order valence-electron chi connectivity index (χ2n) is 5.04. The number of thiazole rings is 1. The van der Waals surface area contributed by atoms with Crippen LogP contribution >= 0.6 is 22.9 Å². The van der Waals surface area contributed by atoms with Crippen molar-refractivity contribution >= 4 is 28.8 Å². The van der Waals surface area contributed by atoms with Crippen LogP contribution in [0.25, 0.3) is 11.3 Å². The predicted molar refractivity (Wildman–Crippen MR) is 86.6 cm³/mol. The lowest BCUT2D eigenvalue weighted by molar-refractivity contribution is -0.130. The molecule has 2 aromatic heterocycles. The van der Waals surface area contributed by atoms with E-state index in [0.717, 1.165) is 22.7 Å². The van der Waals surface area contributed by atoms with Gasteiger partial charge in [-0.05, 0) is 19.9 Å². The number of hydrogen-bond donors (Lipinski definition) is 0. The standard InChI is InChI=1S/C15H18ClN3OS/c1-10(2)19(11(3)20)7-5-15-18-14(9-21-15)12-4-6-17-8-13(12)16/h4,6,8-10H,5,7H2,1-3H3. The summed E-state index contributed by atoms with van der Waals surface area (Å²) >= 11 is 7.72. The largest absolute Gasteiger partial charge is 0.340 e. The van der Waals surface area contributed by atoms with Crippen LogP contribution in [0, 0.1) is 0 Å². The van der Waals surface area contributed by atoms with Gasteiger partial charge in [-0.1, -0.05) is 11.6 Å². The van der Waals surface area contributed by atoms with Gasteiger partial charge in [0.1, 0.15) is 0 Å². The summed E-state index contributed by atoms with van der Waals surface area (Å²) in [6, 6.07) is 2.06. The molecule has 2 aromatic rings. The van der Waals surface area contributed by atoms with E-state index in [1.54, 1.807) is 30.7 Å². The second-order valence-corrected chi connectivity index (χ2v) is 6.39.